The Kier molecular flexibility index (Phi) is 3.37. The largest absolute Gasteiger partial charge is 0.426 e. The molecule has 0 aliphatic carbocycles. The van der Waals surface area contributed by atoms with Gasteiger partial charge in [-0.2, -0.15) is 5.06 Å². The summed E-state index contributed by atoms with van der Waals surface area (Å²) in [5.41, 5.74) is 0. The summed E-state index contributed by atoms with van der Waals surface area (Å²) in [5.74, 6) is 0.516. The van der Waals surface area contributed by atoms with Crippen molar-refractivity contribution in [3.8, 4) is 0 Å². The van der Waals surface area contributed by atoms with E-state index >= 15 is 0 Å². The molecular weight excluding hydrogens is 248 g/mol. The number of hydroxylamine groups is 2. The van der Waals surface area contributed by atoms with Gasteiger partial charge in [-0.25, -0.2) is 4.79 Å². The second-order valence-corrected chi connectivity index (χ2v) is 4.97. The highest BCUT2D eigenvalue weighted by atomic mass is 16.7. The van der Waals surface area contributed by atoms with Crippen LogP contribution in [0.3, 0.4) is 0 Å². The standard InChI is InChI=1S/C12H18N4O3/c1-2-3-6-19-16-9-4-5-10(11-14-13-8-18-11)15(7-9)12(16)17/h8-10H,2-7H2,1H3/t9-,10-/m0/s1. The van der Waals surface area contributed by atoms with E-state index in [1.807, 2.05) is 0 Å². The molecule has 2 fully saturated rings. The highest BCUT2D eigenvalue weighted by molar-refractivity contribution is 5.77. The third kappa shape index (κ3) is 2.18. The number of unbranched alkanes of at least 4 members (excludes halogenated alkanes) is 1. The van der Waals surface area contributed by atoms with Gasteiger partial charge in [0.15, 0.2) is 0 Å². The topological polar surface area (TPSA) is 71.7 Å². The van der Waals surface area contributed by atoms with Gasteiger partial charge in [0.05, 0.1) is 12.6 Å². The Hall–Kier alpha value is -1.63. The van der Waals surface area contributed by atoms with Crippen molar-refractivity contribution >= 4 is 6.03 Å². The predicted octanol–water partition coefficient (Wildman–Crippen LogP) is 1.74. The first kappa shape index (κ1) is 12.4. The molecular formula is C12H18N4O3. The average Bonchev–Trinajstić information content (AvgIpc) is 3.03. The van der Waals surface area contributed by atoms with Gasteiger partial charge in [-0.1, -0.05) is 13.3 Å². The normalized spacial score (nSPS) is 26.3. The first-order chi connectivity index (χ1) is 9.31. The molecule has 0 N–H and O–H groups in total. The molecule has 2 aliphatic heterocycles. The van der Waals surface area contributed by atoms with Gasteiger partial charge in [0, 0.05) is 6.54 Å². The SMILES string of the molecule is CCCCON1C(=O)N2C[C@@H]1CC[C@H]2c1nnco1. The van der Waals surface area contributed by atoms with Gasteiger partial charge < -0.3 is 9.32 Å². The van der Waals surface area contributed by atoms with E-state index in [0.717, 1.165) is 25.7 Å². The third-order valence-corrected chi connectivity index (χ3v) is 3.71. The number of urea groups is 1. The lowest BCUT2D eigenvalue weighted by atomic mass is 10.0. The van der Waals surface area contributed by atoms with E-state index in [0.29, 0.717) is 19.0 Å². The minimum atomic E-state index is -0.106. The molecule has 104 valence electrons. The van der Waals surface area contributed by atoms with Crippen LogP contribution in [-0.2, 0) is 4.84 Å². The van der Waals surface area contributed by atoms with Crippen molar-refractivity contribution in [2.75, 3.05) is 13.2 Å². The van der Waals surface area contributed by atoms with Crippen LogP contribution < -0.4 is 0 Å². The Labute approximate surface area is 111 Å². The van der Waals surface area contributed by atoms with Gasteiger partial charge in [-0.05, 0) is 19.3 Å². The van der Waals surface area contributed by atoms with Crippen LogP contribution in [0.4, 0.5) is 4.79 Å². The Morgan fingerprint density at radius 3 is 3.16 bits per heavy atom. The molecule has 2 aliphatic rings. The van der Waals surface area contributed by atoms with Gasteiger partial charge in [0.2, 0.25) is 12.3 Å². The third-order valence-electron chi connectivity index (χ3n) is 3.71. The van der Waals surface area contributed by atoms with E-state index in [-0.39, 0.29) is 18.1 Å². The zero-order valence-electron chi connectivity index (χ0n) is 11.0. The van der Waals surface area contributed by atoms with Crippen molar-refractivity contribution in [1.29, 1.82) is 0 Å². The molecule has 19 heavy (non-hydrogen) atoms. The Morgan fingerprint density at radius 2 is 2.42 bits per heavy atom. The molecule has 1 aromatic rings. The maximum absolute atomic E-state index is 12.3. The van der Waals surface area contributed by atoms with Crippen LogP contribution in [0.1, 0.15) is 44.5 Å². The lowest BCUT2D eigenvalue weighted by molar-refractivity contribution is -0.130. The average molecular weight is 266 g/mol. The van der Waals surface area contributed by atoms with E-state index < -0.39 is 0 Å². The minimum absolute atomic E-state index is 0.0817. The Balaban J connectivity index is 1.69. The summed E-state index contributed by atoms with van der Waals surface area (Å²) in [4.78, 5) is 19.7. The fraction of sp³-hybridized carbons (Fsp3) is 0.750. The number of nitrogens with zero attached hydrogens (tertiary/aromatic N) is 4. The van der Waals surface area contributed by atoms with Crippen LogP contribution >= 0.6 is 0 Å². The molecule has 0 aromatic carbocycles. The number of hydrogen-bond acceptors (Lipinski definition) is 5. The van der Waals surface area contributed by atoms with Crippen LogP contribution in [0.5, 0.6) is 0 Å². The van der Waals surface area contributed by atoms with Crippen molar-refractivity contribution in [2.24, 2.45) is 0 Å². The molecule has 1 aromatic heterocycles. The minimum Gasteiger partial charge on any atom is -0.426 e. The maximum Gasteiger partial charge on any atom is 0.345 e. The van der Waals surface area contributed by atoms with Gasteiger partial charge in [-0.3, -0.25) is 4.84 Å². The Morgan fingerprint density at radius 1 is 1.53 bits per heavy atom. The first-order valence-electron chi connectivity index (χ1n) is 6.80. The van der Waals surface area contributed by atoms with Crippen molar-refractivity contribution < 1.29 is 14.0 Å². The van der Waals surface area contributed by atoms with Crippen molar-refractivity contribution in [1.82, 2.24) is 20.2 Å². The van der Waals surface area contributed by atoms with Crippen molar-refractivity contribution in [3.63, 3.8) is 0 Å². The van der Waals surface area contributed by atoms with Crippen LogP contribution in [0, 0.1) is 0 Å². The fourth-order valence-corrected chi connectivity index (χ4v) is 2.69. The van der Waals surface area contributed by atoms with Crippen LogP contribution in [-0.4, -0.2) is 45.4 Å². The lowest BCUT2D eigenvalue weighted by Gasteiger charge is -2.27. The number of hydrogen-bond donors (Lipinski definition) is 0. The molecule has 2 bridgehead atoms. The monoisotopic (exact) mass is 266 g/mol. The quantitative estimate of drug-likeness (QED) is 0.759. The number of aromatic nitrogens is 2. The van der Waals surface area contributed by atoms with Gasteiger partial charge >= 0.3 is 6.03 Å². The van der Waals surface area contributed by atoms with E-state index in [4.69, 9.17) is 9.25 Å². The summed E-state index contributed by atoms with van der Waals surface area (Å²) in [5, 5.41) is 9.14. The summed E-state index contributed by atoms with van der Waals surface area (Å²) < 4.78 is 5.23. The number of fused-ring (bicyclic) bond motifs is 2. The molecule has 0 spiro atoms. The number of carbonyl (C=O) groups excluding carboxylic acids is 1. The molecule has 3 heterocycles. The molecule has 7 nitrogen and oxygen atoms in total. The van der Waals surface area contributed by atoms with Gasteiger partial charge in [0.1, 0.15) is 6.04 Å². The summed E-state index contributed by atoms with van der Waals surface area (Å²) in [6, 6.07) is -0.0312. The first-order valence-corrected chi connectivity index (χ1v) is 6.80. The van der Waals surface area contributed by atoms with Crippen molar-refractivity contribution in [2.45, 2.75) is 44.7 Å². The second kappa shape index (κ2) is 5.16. The fourth-order valence-electron chi connectivity index (χ4n) is 2.69. The molecule has 2 amide bonds. The molecule has 2 saturated heterocycles. The number of rotatable bonds is 5. The summed E-state index contributed by atoms with van der Waals surface area (Å²) in [6.07, 6.45) is 5.07. The zero-order chi connectivity index (χ0) is 13.2. The molecule has 2 atom stereocenters. The summed E-state index contributed by atoms with van der Waals surface area (Å²) in [6.45, 7) is 3.37. The smallest absolute Gasteiger partial charge is 0.345 e. The number of amides is 2. The summed E-state index contributed by atoms with van der Waals surface area (Å²) in [7, 11) is 0. The zero-order valence-corrected chi connectivity index (χ0v) is 11.0. The van der Waals surface area contributed by atoms with E-state index in [2.05, 4.69) is 17.1 Å². The van der Waals surface area contributed by atoms with E-state index in [1.165, 1.54) is 11.5 Å². The Bertz CT molecular complexity index is 436. The molecule has 0 saturated carbocycles. The van der Waals surface area contributed by atoms with Crippen molar-refractivity contribution in [3.05, 3.63) is 12.3 Å². The van der Waals surface area contributed by atoms with E-state index in [9.17, 15) is 4.79 Å². The lowest BCUT2D eigenvalue weighted by Crippen LogP contribution is -2.34. The van der Waals surface area contributed by atoms with Crippen LogP contribution in [0.15, 0.2) is 10.8 Å². The molecule has 7 heteroatoms. The molecule has 0 radical (unpaired) electrons. The van der Waals surface area contributed by atoms with E-state index in [1.54, 1.807) is 4.90 Å². The molecule has 0 unspecified atom stereocenters. The maximum atomic E-state index is 12.3. The van der Waals surface area contributed by atoms with Crippen LogP contribution in [0.2, 0.25) is 0 Å². The van der Waals surface area contributed by atoms with Crippen LogP contribution in [0.25, 0.3) is 0 Å². The highest BCUT2D eigenvalue weighted by Crippen LogP contribution is 2.37. The van der Waals surface area contributed by atoms with Gasteiger partial charge in [0.25, 0.3) is 0 Å². The highest BCUT2D eigenvalue weighted by Gasteiger charge is 2.47. The molecule has 3 rings (SSSR count). The second-order valence-electron chi connectivity index (χ2n) is 4.97. The summed E-state index contributed by atoms with van der Waals surface area (Å²) >= 11 is 0. The number of carbonyl (C=O) groups is 1. The predicted molar refractivity (Wildman–Crippen MR) is 64.9 cm³/mol. The van der Waals surface area contributed by atoms with Gasteiger partial charge in [-0.15, -0.1) is 10.2 Å². The number of piperidine rings is 1.